The van der Waals surface area contributed by atoms with Gasteiger partial charge in [-0.05, 0) is 26.0 Å². The minimum Gasteiger partial charge on any atom is -0.452 e. The van der Waals surface area contributed by atoms with E-state index in [0.717, 1.165) is 0 Å². The highest BCUT2D eigenvalue weighted by atomic mass is 32.2. The van der Waals surface area contributed by atoms with Gasteiger partial charge in [0.1, 0.15) is 0 Å². The molecule has 0 saturated carbocycles. The summed E-state index contributed by atoms with van der Waals surface area (Å²) < 4.78 is 4.97. The predicted octanol–water partition coefficient (Wildman–Crippen LogP) is 1.75. The highest BCUT2D eigenvalue weighted by molar-refractivity contribution is 8.00. The Kier molecular flexibility index (Phi) is 6.67. The first-order valence-corrected chi connectivity index (χ1v) is 7.27. The van der Waals surface area contributed by atoms with E-state index in [-0.39, 0.29) is 17.3 Å². The number of ether oxygens (including phenoxy) is 1. The first kappa shape index (κ1) is 17.0. The molecule has 0 fully saturated rings. The van der Waals surface area contributed by atoms with Crippen LogP contribution in [0.5, 0.6) is 0 Å². The molecule has 8 heteroatoms. The van der Waals surface area contributed by atoms with Gasteiger partial charge in [0.15, 0.2) is 6.10 Å². The van der Waals surface area contributed by atoms with Crippen molar-refractivity contribution in [1.82, 2.24) is 5.32 Å². The number of rotatable bonds is 7. The van der Waals surface area contributed by atoms with Crippen LogP contribution in [-0.2, 0) is 14.3 Å². The summed E-state index contributed by atoms with van der Waals surface area (Å²) in [6.07, 6.45) is -0.838. The minimum atomic E-state index is -0.838. The maximum atomic E-state index is 11.6. The Morgan fingerprint density at radius 1 is 1.38 bits per heavy atom. The third-order valence-electron chi connectivity index (χ3n) is 2.43. The number of non-ortho nitro benzene ring substituents is 1. The Morgan fingerprint density at radius 2 is 2.00 bits per heavy atom. The van der Waals surface area contributed by atoms with Gasteiger partial charge in [-0.25, -0.2) is 0 Å². The second kappa shape index (κ2) is 8.25. The normalized spacial score (nSPS) is 11.5. The average Bonchev–Trinajstić information content (AvgIpc) is 2.45. The monoisotopic (exact) mass is 312 g/mol. The number of hydrogen-bond donors (Lipinski definition) is 1. The summed E-state index contributed by atoms with van der Waals surface area (Å²) in [5, 5.41) is 13.1. The number of nitro benzene ring substituents is 1. The lowest BCUT2D eigenvalue weighted by atomic mass is 10.3. The molecule has 0 bridgehead atoms. The zero-order valence-corrected chi connectivity index (χ0v) is 12.5. The standard InChI is InChI=1S/C13H16N2O5S/c1-3-14-13(17)9(2)20-12(16)8-21-11-6-4-10(5-7-11)15(18)19/h4-7,9H,3,8H2,1-2H3,(H,14,17)/t9-/m0/s1. The number of thioether (sulfide) groups is 1. The highest BCUT2D eigenvalue weighted by Crippen LogP contribution is 2.21. The largest absolute Gasteiger partial charge is 0.452 e. The number of nitrogens with zero attached hydrogens (tertiary/aromatic N) is 1. The second-order valence-electron chi connectivity index (χ2n) is 4.07. The fourth-order valence-electron chi connectivity index (χ4n) is 1.41. The highest BCUT2D eigenvalue weighted by Gasteiger charge is 2.17. The summed E-state index contributed by atoms with van der Waals surface area (Å²) in [6, 6.07) is 5.85. The summed E-state index contributed by atoms with van der Waals surface area (Å²) in [7, 11) is 0. The smallest absolute Gasteiger partial charge is 0.317 e. The van der Waals surface area contributed by atoms with Crippen LogP contribution in [0.2, 0.25) is 0 Å². The lowest BCUT2D eigenvalue weighted by Crippen LogP contribution is -2.35. The van der Waals surface area contributed by atoms with E-state index >= 15 is 0 Å². The lowest BCUT2D eigenvalue weighted by Gasteiger charge is -2.12. The van der Waals surface area contributed by atoms with Crippen LogP contribution >= 0.6 is 11.8 Å². The molecule has 0 aromatic heterocycles. The number of hydrogen-bond acceptors (Lipinski definition) is 6. The van der Waals surface area contributed by atoms with Crippen LogP contribution in [0.4, 0.5) is 5.69 Å². The maximum Gasteiger partial charge on any atom is 0.317 e. The molecule has 0 unspecified atom stereocenters. The van der Waals surface area contributed by atoms with E-state index in [1.165, 1.54) is 30.8 Å². The number of nitro groups is 1. The topological polar surface area (TPSA) is 98.5 Å². The number of benzene rings is 1. The van der Waals surface area contributed by atoms with Crippen molar-refractivity contribution in [3.05, 3.63) is 34.4 Å². The Bertz CT molecular complexity index is 518. The van der Waals surface area contributed by atoms with Gasteiger partial charge in [0.2, 0.25) is 0 Å². The number of esters is 1. The van der Waals surface area contributed by atoms with Crippen LogP contribution in [0.25, 0.3) is 0 Å². The van der Waals surface area contributed by atoms with E-state index < -0.39 is 17.0 Å². The number of likely N-dealkylation sites (N-methyl/N-ethyl adjacent to an activating group) is 1. The molecular weight excluding hydrogens is 296 g/mol. The molecule has 114 valence electrons. The zero-order valence-electron chi connectivity index (χ0n) is 11.7. The summed E-state index contributed by atoms with van der Waals surface area (Å²) in [4.78, 5) is 33.7. The fraction of sp³-hybridized carbons (Fsp3) is 0.385. The molecule has 0 heterocycles. The Labute approximate surface area is 126 Å². The molecule has 0 aliphatic heterocycles. The van der Waals surface area contributed by atoms with Crippen molar-refractivity contribution in [3.63, 3.8) is 0 Å². The number of carbonyl (C=O) groups is 2. The van der Waals surface area contributed by atoms with Gasteiger partial charge >= 0.3 is 5.97 Å². The molecule has 1 aromatic rings. The summed E-state index contributed by atoms with van der Waals surface area (Å²) in [6.45, 7) is 3.74. The van der Waals surface area contributed by atoms with Gasteiger partial charge in [-0.3, -0.25) is 19.7 Å². The number of carbonyl (C=O) groups excluding carboxylic acids is 2. The van der Waals surface area contributed by atoms with Crippen molar-refractivity contribution in [2.24, 2.45) is 0 Å². The van der Waals surface area contributed by atoms with Gasteiger partial charge in [0.25, 0.3) is 11.6 Å². The van der Waals surface area contributed by atoms with Crippen LogP contribution in [0.3, 0.4) is 0 Å². The fourth-order valence-corrected chi connectivity index (χ4v) is 2.09. The van der Waals surface area contributed by atoms with E-state index in [4.69, 9.17) is 4.74 Å². The maximum absolute atomic E-state index is 11.6. The minimum absolute atomic E-state index is 0.00761. The molecule has 1 aromatic carbocycles. The van der Waals surface area contributed by atoms with Gasteiger partial charge in [-0.1, -0.05) is 0 Å². The van der Waals surface area contributed by atoms with E-state index in [2.05, 4.69) is 5.32 Å². The van der Waals surface area contributed by atoms with Crippen LogP contribution < -0.4 is 5.32 Å². The molecule has 1 amide bonds. The van der Waals surface area contributed by atoms with Crippen molar-refractivity contribution in [2.75, 3.05) is 12.3 Å². The molecule has 1 atom stereocenters. The third kappa shape index (κ3) is 5.82. The zero-order chi connectivity index (χ0) is 15.8. The molecule has 21 heavy (non-hydrogen) atoms. The molecular formula is C13H16N2O5S. The molecule has 1 rings (SSSR count). The van der Waals surface area contributed by atoms with Crippen LogP contribution in [-0.4, -0.2) is 35.2 Å². The quantitative estimate of drug-likeness (QED) is 0.356. The van der Waals surface area contributed by atoms with E-state index in [1.54, 1.807) is 19.1 Å². The third-order valence-corrected chi connectivity index (χ3v) is 3.42. The molecule has 0 radical (unpaired) electrons. The van der Waals surface area contributed by atoms with Crippen molar-refractivity contribution in [3.8, 4) is 0 Å². The molecule has 0 saturated heterocycles. The number of nitrogens with one attached hydrogen (secondary N) is 1. The summed E-state index contributed by atoms with van der Waals surface area (Å²) >= 11 is 1.19. The molecule has 1 N–H and O–H groups in total. The van der Waals surface area contributed by atoms with Crippen molar-refractivity contribution < 1.29 is 19.2 Å². The number of amides is 1. The van der Waals surface area contributed by atoms with Gasteiger partial charge in [0.05, 0.1) is 10.7 Å². The van der Waals surface area contributed by atoms with Crippen LogP contribution in [0, 0.1) is 10.1 Å². The van der Waals surface area contributed by atoms with Gasteiger partial charge in [-0.15, -0.1) is 11.8 Å². The van der Waals surface area contributed by atoms with Gasteiger partial charge < -0.3 is 10.1 Å². The first-order chi connectivity index (χ1) is 9.93. The first-order valence-electron chi connectivity index (χ1n) is 6.28. The van der Waals surface area contributed by atoms with E-state index in [1.807, 2.05) is 0 Å². The Hall–Kier alpha value is -2.09. The van der Waals surface area contributed by atoms with Gasteiger partial charge in [-0.2, -0.15) is 0 Å². The second-order valence-corrected chi connectivity index (χ2v) is 5.12. The molecule has 7 nitrogen and oxygen atoms in total. The van der Waals surface area contributed by atoms with E-state index in [0.29, 0.717) is 11.4 Å². The van der Waals surface area contributed by atoms with Crippen molar-refractivity contribution in [1.29, 1.82) is 0 Å². The van der Waals surface area contributed by atoms with Gasteiger partial charge in [0, 0.05) is 23.6 Å². The van der Waals surface area contributed by atoms with Crippen LogP contribution in [0.15, 0.2) is 29.2 Å². The van der Waals surface area contributed by atoms with E-state index in [9.17, 15) is 19.7 Å². The Morgan fingerprint density at radius 3 is 2.52 bits per heavy atom. The molecule has 0 spiro atoms. The van der Waals surface area contributed by atoms with Crippen LogP contribution in [0.1, 0.15) is 13.8 Å². The Balaban J connectivity index is 2.42. The predicted molar refractivity (Wildman–Crippen MR) is 78.1 cm³/mol. The summed E-state index contributed by atoms with van der Waals surface area (Å²) in [5.74, 6) is -0.829. The molecule has 0 aliphatic carbocycles. The molecule has 0 aliphatic rings. The van der Waals surface area contributed by atoms with Crippen molar-refractivity contribution in [2.45, 2.75) is 24.8 Å². The average molecular weight is 312 g/mol. The SMILES string of the molecule is CCNC(=O)[C@H](C)OC(=O)CSc1ccc([N+](=O)[O-])cc1. The lowest BCUT2D eigenvalue weighted by molar-refractivity contribution is -0.384. The van der Waals surface area contributed by atoms with Crippen molar-refractivity contribution >= 4 is 29.3 Å². The summed E-state index contributed by atoms with van der Waals surface area (Å²) in [5.41, 5.74) is -0.00761.